The molecule has 17 heavy (non-hydrogen) atoms. The lowest BCUT2D eigenvalue weighted by Crippen LogP contribution is -2.14. The summed E-state index contributed by atoms with van der Waals surface area (Å²) in [7, 11) is 0. The molecular formula is C13H11N3O. The minimum Gasteiger partial charge on any atom is -0.369 e. The number of hydrogen-bond donors (Lipinski definition) is 2. The maximum Gasteiger partial charge on any atom is 0.223 e. The molecule has 0 saturated carbocycles. The van der Waals surface area contributed by atoms with Crippen molar-refractivity contribution in [1.82, 2.24) is 9.97 Å². The van der Waals surface area contributed by atoms with Gasteiger partial charge < -0.3 is 10.7 Å². The van der Waals surface area contributed by atoms with E-state index >= 15 is 0 Å². The van der Waals surface area contributed by atoms with Crippen molar-refractivity contribution in [3.63, 3.8) is 0 Å². The summed E-state index contributed by atoms with van der Waals surface area (Å²) in [5, 5.41) is 2.16. The Bertz CT molecular complexity index is 715. The number of hydrogen-bond acceptors (Lipinski definition) is 2. The van der Waals surface area contributed by atoms with Crippen LogP contribution in [0.3, 0.4) is 0 Å². The minimum absolute atomic E-state index is 0.223. The Morgan fingerprint density at radius 2 is 2.06 bits per heavy atom. The number of primary amides is 1. The van der Waals surface area contributed by atoms with Gasteiger partial charge in [-0.05, 0) is 23.6 Å². The average molecular weight is 225 g/mol. The third-order valence-corrected chi connectivity index (χ3v) is 2.82. The quantitative estimate of drug-likeness (QED) is 0.697. The maximum absolute atomic E-state index is 10.9. The lowest BCUT2D eigenvalue weighted by atomic mass is 10.1. The standard InChI is InChI=1S/C13H11N3O/c14-12(17)7-9-3-1-8-2-4-11-10(5-6-15-11)13(8)16-9/h1-6,16H,7H2,(H2,14,17). The van der Waals surface area contributed by atoms with E-state index in [2.05, 4.69) is 9.97 Å². The molecule has 0 aliphatic carbocycles. The van der Waals surface area contributed by atoms with Gasteiger partial charge in [-0.15, -0.1) is 0 Å². The maximum atomic E-state index is 10.9. The van der Waals surface area contributed by atoms with Gasteiger partial charge in [0.1, 0.15) is 0 Å². The fourth-order valence-electron chi connectivity index (χ4n) is 2.06. The van der Waals surface area contributed by atoms with Crippen molar-refractivity contribution in [1.29, 1.82) is 0 Å². The number of carbonyl (C=O) groups is 1. The first-order valence-corrected chi connectivity index (χ1v) is 5.38. The van der Waals surface area contributed by atoms with Crippen LogP contribution in [0, 0.1) is 0 Å². The van der Waals surface area contributed by atoms with E-state index in [1.165, 1.54) is 0 Å². The monoisotopic (exact) mass is 225 g/mol. The van der Waals surface area contributed by atoms with E-state index in [4.69, 9.17) is 5.73 Å². The number of pyridine rings is 1. The summed E-state index contributed by atoms with van der Waals surface area (Å²) in [5.74, 6) is -0.339. The molecule has 0 spiro atoms. The third kappa shape index (κ3) is 1.63. The van der Waals surface area contributed by atoms with Crippen molar-refractivity contribution in [2.24, 2.45) is 5.73 Å². The highest BCUT2D eigenvalue weighted by molar-refractivity contribution is 6.04. The van der Waals surface area contributed by atoms with Crippen molar-refractivity contribution >= 4 is 27.7 Å². The summed E-state index contributed by atoms with van der Waals surface area (Å²) in [4.78, 5) is 18.4. The van der Waals surface area contributed by atoms with Crippen LogP contribution >= 0.6 is 0 Å². The number of H-pyrrole nitrogens is 1. The Labute approximate surface area is 97.5 Å². The number of nitrogens with two attached hydrogens (primary N) is 1. The minimum atomic E-state index is -0.339. The number of aromatic nitrogens is 2. The smallest absolute Gasteiger partial charge is 0.223 e. The van der Waals surface area contributed by atoms with Crippen LogP contribution in [0.4, 0.5) is 0 Å². The highest BCUT2D eigenvalue weighted by Crippen LogP contribution is 2.23. The molecule has 2 aromatic heterocycles. The van der Waals surface area contributed by atoms with Crippen LogP contribution in [-0.4, -0.2) is 15.9 Å². The average Bonchev–Trinajstić information content (AvgIpc) is 2.76. The number of amides is 1. The van der Waals surface area contributed by atoms with Crippen molar-refractivity contribution in [2.45, 2.75) is 6.42 Å². The molecule has 3 N–H and O–H groups in total. The second-order valence-corrected chi connectivity index (χ2v) is 4.03. The Morgan fingerprint density at radius 3 is 2.88 bits per heavy atom. The molecule has 1 aromatic carbocycles. The lowest BCUT2D eigenvalue weighted by molar-refractivity contribution is -0.117. The molecule has 4 nitrogen and oxygen atoms in total. The van der Waals surface area contributed by atoms with Crippen molar-refractivity contribution in [3.05, 3.63) is 42.2 Å². The number of carbonyl (C=O) groups excluding carboxylic acids is 1. The molecule has 1 amide bonds. The van der Waals surface area contributed by atoms with E-state index in [1.54, 1.807) is 6.20 Å². The first kappa shape index (κ1) is 9.84. The first-order chi connectivity index (χ1) is 8.24. The van der Waals surface area contributed by atoms with Crippen molar-refractivity contribution in [2.75, 3.05) is 0 Å². The lowest BCUT2D eigenvalue weighted by Gasteiger charge is -2.04. The Kier molecular flexibility index (Phi) is 2.08. The molecule has 0 aliphatic heterocycles. The zero-order valence-corrected chi connectivity index (χ0v) is 9.10. The summed E-state index contributed by atoms with van der Waals surface area (Å²) in [6.07, 6.45) is 2.00. The van der Waals surface area contributed by atoms with Gasteiger partial charge in [0.25, 0.3) is 0 Å². The summed E-state index contributed by atoms with van der Waals surface area (Å²) in [6, 6.07) is 9.82. The SMILES string of the molecule is NC(=O)Cc1ccc2ccc3nccc3c2[nH]1. The molecule has 0 atom stereocenters. The summed E-state index contributed by atoms with van der Waals surface area (Å²) < 4.78 is 0. The van der Waals surface area contributed by atoms with Gasteiger partial charge >= 0.3 is 0 Å². The van der Waals surface area contributed by atoms with Crippen LogP contribution in [0.2, 0.25) is 0 Å². The Morgan fingerprint density at radius 1 is 1.24 bits per heavy atom. The molecule has 3 aromatic rings. The fraction of sp³-hybridized carbons (Fsp3) is 0.0769. The Hall–Kier alpha value is -2.36. The van der Waals surface area contributed by atoms with Crippen molar-refractivity contribution in [3.8, 4) is 0 Å². The van der Waals surface area contributed by atoms with Crippen molar-refractivity contribution < 1.29 is 4.79 Å². The molecule has 4 heteroatoms. The molecular weight excluding hydrogens is 214 g/mol. The predicted molar refractivity (Wildman–Crippen MR) is 66.5 cm³/mol. The highest BCUT2D eigenvalue weighted by Gasteiger charge is 2.04. The van der Waals surface area contributed by atoms with Crippen LogP contribution in [0.5, 0.6) is 0 Å². The molecule has 0 fully saturated rings. The summed E-state index contributed by atoms with van der Waals surface area (Å²) in [6.45, 7) is 0. The van der Waals surface area contributed by atoms with Gasteiger partial charge in [-0.25, -0.2) is 0 Å². The van der Waals surface area contributed by atoms with Gasteiger partial charge in [0.05, 0.1) is 17.5 Å². The van der Waals surface area contributed by atoms with Gasteiger partial charge in [0.2, 0.25) is 5.91 Å². The van der Waals surface area contributed by atoms with Crippen LogP contribution < -0.4 is 5.73 Å². The molecule has 0 unspecified atom stereocenters. The molecule has 0 saturated heterocycles. The topological polar surface area (TPSA) is 71.8 Å². The zero-order valence-electron chi connectivity index (χ0n) is 9.10. The molecule has 3 rings (SSSR count). The number of benzene rings is 1. The number of nitrogens with zero attached hydrogens (tertiary/aromatic N) is 1. The van der Waals surface area contributed by atoms with Gasteiger partial charge in [0.15, 0.2) is 0 Å². The van der Waals surface area contributed by atoms with E-state index in [-0.39, 0.29) is 12.3 Å². The fourth-order valence-corrected chi connectivity index (χ4v) is 2.06. The number of nitrogens with one attached hydrogen (secondary N) is 1. The number of aromatic amines is 1. The molecule has 0 aliphatic rings. The zero-order chi connectivity index (χ0) is 11.8. The molecule has 0 radical (unpaired) electrons. The first-order valence-electron chi connectivity index (χ1n) is 5.38. The third-order valence-electron chi connectivity index (χ3n) is 2.82. The number of fused-ring (bicyclic) bond motifs is 3. The van der Waals surface area contributed by atoms with E-state index < -0.39 is 0 Å². The summed E-state index contributed by atoms with van der Waals surface area (Å²) >= 11 is 0. The number of rotatable bonds is 2. The van der Waals surface area contributed by atoms with E-state index in [0.717, 1.165) is 27.5 Å². The van der Waals surface area contributed by atoms with Gasteiger partial charge in [0, 0.05) is 17.3 Å². The second kappa shape index (κ2) is 3.59. The largest absolute Gasteiger partial charge is 0.369 e. The molecule has 0 bridgehead atoms. The van der Waals surface area contributed by atoms with E-state index in [0.29, 0.717) is 0 Å². The Balaban J connectivity index is 2.28. The second-order valence-electron chi connectivity index (χ2n) is 4.03. The predicted octanol–water partition coefficient (Wildman–Crippen LogP) is 1.74. The highest BCUT2D eigenvalue weighted by atomic mass is 16.1. The van der Waals surface area contributed by atoms with Gasteiger partial charge in [-0.2, -0.15) is 0 Å². The van der Waals surface area contributed by atoms with Crippen LogP contribution in [0.15, 0.2) is 36.5 Å². The van der Waals surface area contributed by atoms with Gasteiger partial charge in [-0.3, -0.25) is 9.78 Å². The summed E-state index contributed by atoms with van der Waals surface area (Å²) in [5.41, 5.74) is 7.96. The normalized spacial score (nSPS) is 11.1. The van der Waals surface area contributed by atoms with E-state index in [9.17, 15) is 4.79 Å². The van der Waals surface area contributed by atoms with Crippen LogP contribution in [0.1, 0.15) is 5.69 Å². The van der Waals surface area contributed by atoms with Crippen LogP contribution in [0.25, 0.3) is 21.8 Å². The molecule has 2 heterocycles. The molecule has 84 valence electrons. The van der Waals surface area contributed by atoms with Gasteiger partial charge in [-0.1, -0.05) is 12.1 Å². The van der Waals surface area contributed by atoms with Crippen LogP contribution in [-0.2, 0) is 11.2 Å². The van der Waals surface area contributed by atoms with E-state index in [1.807, 2.05) is 30.3 Å².